The third kappa shape index (κ3) is 3.83. The van der Waals surface area contributed by atoms with Gasteiger partial charge < -0.3 is 10.2 Å². The summed E-state index contributed by atoms with van der Waals surface area (Å²) in [5, 5.41) is 2.85. The molecule has 0 aliphatic carbocycles. The Balaban J connectivity index is 2.19. The molecule has 3 nitrogen and oxygen atoms in total. The number of pyridine rings is 1. The van der Waals surface area contributed by atoms with E-state index in [1.165, 1.54) is 0 Å². The van der Waals surface area contributed by atoms with Crippen LogP contribution in [0.1, 0.15) is 40.0 Å². The summed E-state index contributed by atoms with van der Waals surface area (Å²) in [6.45, 7) is 8.46. The van der Waals surface area contributed by atoms with E-state index in [-0.39, 0.29) is 11.6 Å². The lowest BCUT2D eigenvalue weighted by molar-refractivity contribution is 0.351. The van der Waals surface area contributed by atoms with Crippen LogP contribution in [0.2, 0.25) is 0 Å². The van der Waals surface area contributed by atoms with Gasteiger partial charge in [0.25, 0.3) is 0 Å². The number of rotatable bonds is 4. The summed E-state index contributed by atoms with van der Waals surface area (Å²) >= 11 is 0. The van der Waals surface area contributed by atoms with E-state index in [0.717, 1.165) is 38.4 Å². The number of hydrogen-bond acceptors (Lipinski definition) is 3. The zero-order valence-corrected chi connectivity index (χ0v) is 13.1. The zero-order chi connectivity index (χ0) is 15.4. The molecule has 1 aliphatic heterocycles. The highest BCUT2D eigenvalue weighted by atomic mass is 19.1. The van der Waals surface area contributed by atoms with Crippen molar-refractivity contribution >= 4 is 11.6 Å². The number of hydrogen-bond donors (Lipinski definition) is 1. The lowest BCUT2D eigenvalue weighted by Crippen LogP contribution is -2.27. The van der Waals surface area contributed by atoms with E-state index in [4.69, 9.17) is 0 Å². The molecule has 1 aliphatic rings. The summed E-state index contributed by atoms with van der Waals surface area (Å²) in [7, 11) is 0. The van der Waals surface area contributed by atoms with E-state index in [0.29, 0.717) is 18.4 Å². The Morgan fingerprint density at radius 1 is 1.29 bits per heavy atom. The first-order chi connectivity index (χ1) is 10.0. The SMILES string of the molecule is CCNc1nc(N2CCCC(C(C)C)CC2)c(F)cc1F. The third-order valence-electron chi connectivity index (χ3n) is 4.27. The van der Waals surface area contributed by atoms with Gasteiger partial charge in [0, 0.05) is 25.7 Å². The standard InChI is InChI=1S/C16H25F2N3/c1-4-19-15-13(17)10-14(18)16(20-15)21-8-5-6-12(7-9-21)11(2)3/h10-12H,4-9H2,1-3H3,(H,19,20). The molecule has 0 amide bonds. The molecule has 2 heterocycles. The van der Waals surface area contributed by atoms with Crippen molar-refractivity contribution in [1.29, 1.82) is 0 Å². The minimum absolute atomic E-state index is 0.138. The Morgan fingerprint density at radius 2 is 2.05 bits per heavy atom. The fourth-order valence-corrected chi connectivity index (χ4v) is 2.97. The lowest BCUT2D eigenvalue weighted by atomic mass is 9.89. The van der Waals surface area contributed by atoms with Crippen LogP contribution in [0.3, 0.4) is 0 Å². The fourth-order valence-electron chi connectivity index (χ4n) is 2.97. The van der Waals surface area contributed by atoms with Gasteiger partial charge in [0.15, 0.2) is 23.3 Å². The zero-order valence-electron chi connectivity index (χ0n) is 13.1. The van der Waals surface area contributed by atoms with Crippen LogP contribution in [0.5, 0.6) is 0 Å². The smallest absolute Gasteiger partial charge is 0.168 e. The molecule has 0 aromatic carbocycles. The molecule has 1 unspecified atom stereocenters. The van der Waals surface area contributed by atoms with Crippen molar-refractivity contribution in [3.63, 3.8) is 0 Å². The van der Waals surface area contributed by atoms with Crippen molar-refractivity contribution in [2.45, 2.75) is 40.0 Å². The van der Waals surface area contributed by atoms with Gasteiger partial charge in [-0.15, -0.1) is 0 Å². The normalized spacial score (nSPS) is 19.7. The summed E-state index contributed by atoms with van der Waals surface area (Å²) in [6, 6.07) is 0.936. The highest BCUT2D eigenvalue weighted by Crippen LogP contribution is 2.29. The van der Waals surface area contributed by atoms with Gasteiger partial charge in [-0.3, -0.25) is 0 Å². The quantitative estimate of drug-likeness (QED) is 0.908. The van der Waals surface area contributed by atoms with Crippen LogP contribution in [0.15, 0.2) is 6.07 Å². The number of nitrogens with one attached hydrogen (secondary N) is 1. The van der Waals surface area contributed by atoms with Crippen molar-refractivity contribution in [3.05, 3.63) is 17.7 Å². The molecule has 0 radical (unpaired) electrons. The first-order valence-electron chi connectivity index (χ1n) is 7.87. The van der Waals surface area contributed by atoms with E-state index >= 15 is 0 Å². The summed E-state index contributed by atoms with van der Waals surface area (Å²) in [5.74, 6) is 0.528. The monoisotopic (exact) mass is 297 g/mol. The molecule has 118 valence electrons. The molecule has 1 fully saturated rings. The summed E-state index contributed by atoms with van der Waals surface area (Å²) in [5.41, 5.74) is 0. The molecule has 0 saturated carbocycles. The summed E-state index contributed by atoms with van der Waals surface area (Å²) in [6.07, 6.45) is 3.22. The lowest BCUT2D eigenvalue weighted by Gasteiger charge is -2.23. The van der Waals surface area contributed by atoms with Gasteiger partial charge in [0.1, 0.15) is 0 Å². The minimum Gasteiger partial charge on any atom is -0.368 e. The average Bonchev–Trinajstić information content (AvgIpc) is 2.68. The highest BCUT2D eigenvalue weighted by molar-refractivity contribution is 5.49. The molecule has 0 spiro atoms. The Kier molecular flexibility index (Phi) is 5.37. The minimum atomic E-state index is -0.632. The fraction of sp³-hybridized carbons (Fsp3) is 0.688. The van der Waals surface area contributed by atoms with Gasteiger partial charge in [0.05, 0.1) is 0 Å². The van der Waals surface area contributed by atoms with Crippen LogP contribution in [-0.4, -0.2) is 24.6 Å². The van der Waals surface area contributed by atoms with E-state index in [9.17, 15) is 8.78 Å². The van der Waals surface area contributed by atoms with Gasteiger partial charge in [-0.25, -0.2) is 13.8 Å². The van der Waals surface area contributed by atoms with Gasteiger partial charge >= 0.3 is 0 Å². The van der Waals surface area contributed by atoms with Crippen molar-refractivity contribution in [3.8, 4) is 0 Å². The number of aromatic nitrogens is 1. The summed E-state index contributed by atoms with van der Waals surface area (Å²) in [4.78, 5) is 6.12. The Hall–Kier alpha value is -1.39. The maximum atomic E-state index is 14.1. The van der Waals surface area contributed by atoms with Crippen LogP contribution in [0, 0.1) is 23.5 Å². The van der Waals surface area contributed by atoms with Crippen LogP contribution in [0.25, 0.3) is 0 Å². The predicted molar refractivity (Wildman–Crippen MR) is 82.7 cm³/mol. The van der Waals surface area contributed by atoms with Gasteiger partial charge in [-0.05, 0) is 38.0 Å². The molecule has 5 heteroatoms. The molecule has 2 rings (SSSR count). The van der Waals surface area contributed by atoms with E-state index < -0.39 is 11.6 Å². The van der Waals surface area contributed by atoms with Crippen LogP contribution >= 0.6 is 0 Å². The van der Waals surface area contributed by atoms with Crippen molar-refractivity contribution in [2.75, 3.05) is 29.9 Å². The molecule has 1 atom stereocenters. The topological polar surface area (TPSA) is 28.2 Å². The molecule has 21 heavy (non-hydrogen) atoms. The van der Waals surface area contributed by atoms with Crippen molar-refractivity contribution in [1.82, 2.24) is 4.98 Å². The largest absolute Gasteiger partial charge is 0.368 e. The van der Waals surface area contributed by atoms with E-state index in [1.54, 1.807) is 0 Å². The number of nitrogens with zero attached hydrogens (tertiary/aromatic N) is 2. The van der Waals surface area contributed by atoms with Crippen LogP contribution in [-0.2, 0) is 0 Å². The Bertz CT molecular complexity index is 477. The molecular formula is C16H25F2N3. The molecule has 1 aromatic rings. The Morgan fingerprint density at radius 3 is 2.71 bits per heavy atom. The molecule has 1 aromatic heterocycles. The van der Waals surface area contributed by atoms with Crippen LogP contribution in [0.4, 0.5) is 20.4 Å². The van der Waals surface area contributed by atoms with Gasteiger partial charge in [-0.1, -0.05) is 13.8 Å². The average molecular weight is 297 g/mol. The third-order valence-corrected chi connectivity index (χ3v) is 4.27. The second-order valence-corrected chi connectivity index (χ2v) is 6.08. The van der Waals surface area contributed by atoms with Crippen LogP contribution < -0.4 is 10.2 Å². The van der Waals surface area contributed by atoms with Crippen molar-refractivity contribution in [2.24, 2.45) is 11.8 Å². The number of anilines is 2. The van der Waals surface area contributed by atoms with Crippen molar-refractivity contribution < 1.29 is 8.78 Å². The molecule has 0 bridgehead atoms. The number of halogens is 2. The predicted octanol–water partition coefficient (Wildman–Crippen LogP) is 4.05. The summed E-state index contributed by atoms with van der Waals surface area (Å²) < 4.78 is 27.7. The van der Waals surface area contributed by atoms with E-state index in [1.807, 2.05) is 11.8 Å². The maximum absolute atomic E-state index is 14.1. The second kappa shape index (κ2) is 7.05. The maximum Gasteiger partial charge on any atom is 0.168 e. The molecular weight excluding hydrogens is 272 g/mol. The second-order valence-electron chi connectivity index (χ2n) is 6.08. The first kappa shape index (κ1) is 16.0. The molecule has 1 N–H and O–H groups in total. The first-order valence-corrected chi connectivity index (χ1v) is 7.87. The molecule has 1 saturated heterocycles. The Labute approximate surface area is 125 Å². The van der Waals surface area contributed by atoms with Gasteiger partial charge in [0.2, 0.25) is 0 Å². The highest BCUT2D eigenvalue weighted by Gasteiger charge is 2.23. The van der Waals surface area contributed by atoms with Gasteiger partial charge in [-0.2, -0.15) is 0 Å². The van der Waals surface area contributed by atoms with E-state index in [2.05, 4.69) is 24.1 Å².